The minimum absolute atomic E-state index is 0.0972. The quantitative estimate of drug-likeness (QED) is 0.586. The molecular formula is C15H15BrO3S. The summed E-state index contributed by atoms with van der Waals surface area (Å²) in [5.74, 6) is -0.173. The molecule has 0 amide bonds. The van der Waals surface area contributed by atoms with Gasteiger partial charge >= 0.3 is 5.97 Å². The highest BCUT2D eigenvalue weighted by molar-refractivity contribution is 9.10. The lowest BCUT2D eigenvalue weighted by Crippen LogP contribution is -2.04. The van der Waals surface area contributed by atoms with Crippen LogP contribution in [-0.2, 0) is 9.53 Å². The van der Waals surface area contributed by atoms with Crippen LogP contribution in [0.4, 0.5) is 0 Å². The Morgan fingerprint density at radius 1 is 1.30 bits per heavy atom. The van der Waals surface area contributed by atoms with Crippen LogP contribution in [0.1, 0.15) is 34.5 Å². The third-order valence-electron chi connectivity index (χ3n) is 3.12. The number of thiophene rings is 1. The summed E-state index contributed by atoms with van der Waals surface area (Å²) in [7, 11) is 1.36. The fraction of sp³-hybridized carbons (Fsp3) is 0.333. The lowest BCUT2D eigenvalue weighted by molar-refractivity contribution is -0.140. The van der Waals surface area contributed by atoms with Crippen molar-refractivity contribution in [1.82, 2.24) is 0 Å². The zero-order valence-electron chi connectivity index (χ0n) is 11.4. The molecule has 0 atom stereocenters. The fourth-order valence-corrected chi connectivity index (χ4v) is 3.79. The SMILES string of the molecule is COC(=O)CCCC(=O)c1c(C)sc2cc(Br)ccc12. The van der Waals surface area contributed by atoms with Crippen LogP contribution in [0.15, 0.2) is 22.7 Å². The van der Waals surface area contributed by atoms with Crippen LogP contribution in [0.25, 0.3) is 10.1 Å². The van der Waals surface area contributed by atoms with E-state index in [1.165, 1.54) is 7.11 Å². The molecule has 20 heavy (non-hydrogen) atoms. The van der Waals surface area contributed by atoms with Crippen molar-refractivity contribution >= 4 is 49.1 Å². The molecule has 0 aliphatic carbocycles. The van der Waals surface area contributed by atoms with Gasteiger partial charge in [0.05, 0.1) is 7.11 Å². The molecule has 0 unspecified atom stereocenters. The maximum absolute atomic E-state index is 12.3. The van der Waals surface area contributed by atoms with Gasteiger partial charge in [0.25, 0.3) is 0 Å². The zero-order valence-corrected chi connectivity index (χ0v) is 13.8. The van der Waals surface area contributed by atoms with E-state index in [1.54, 1.807) is 11.3 Å². The molecule has 0 aliphatic rings. The molecule has 5 heteroatoms. The number of methoxy groups -OCH3 is 1. The third kappa shape index (κ3) is 3.27. The lowest BCUT2D eigenvalue weighted by Gasteiger charge is -2.02. The van der Waals surface area contributed by atoms with Gasteiger partial charge in [-0.2, -0.15) is 0 Å². The molecule has 0 radical (unpaired) electrons. The fourth-order valence-electron chi connectivity index (χ4n) is 2.16. The molecule has 2 rings (SSSR count). The Labute approximate surface area is 130 Å². The van der Waals surface area contributed by atoms with Crippen molar-refractivity contribution < 1.29 is 14.3 Å². The average Bonchev–Trinajstić information content (AvgIpc) is 2.73. The molecule has 0 N–H and O–H groups in total. The van der Waals surface area contributed by atoms with Crippen molar-refractivity contribution in [2.24, 2.45) is 0 Å². The van der Waals surface area contributed by atoms with Gasteiger partial charge in [-0.3, -0.25) is 9.59 Å². The Balaban J connectivity index is 2.17. The first-order valence-corrected chi connectivity index (χ1v) is 7.92. The average molecular weight is 355 g/mol. The number of hydrogen-bond acceptors (Lipinski definition) is 4. The number of fused-ring (bicyclic) bond motifs is 1. The highest BCUT2D eigenvalue weighted by Gasteiger charge is 2.16. The van der Waals surface area contributed by atoms with E-state index in [1.807, 2.05) is 25.1 Å². The Kier molecular flexibility index (Phi) is 4.94. The molecular weight excluding hydrogens is 340 g/mol. The number of hydrogen-bond donors (Lipinski definition) is 0. The predicted molar refractivity (Wildman–Crippen MR) is 84.5 cm³/mol. The van der Waals surface area contributed by atoms with E-state index >= 15 is 0 Å². The second-order valence-electron chi connectivity index (χ2n) is 4.53. The minimum Gasteiger partial charge on any atom is -0.469 e. The normalized spacial score (nSPS) is 10.8. The molecule has 0 fully saturated rings. The molecule has 106 valence electrons. The molecule has 3 nitrogen and oxygen atoms in total. The Morgan fingerprint density at radius 3 is 2.75 bits per heavy atom. The summed E-state index contributed by atoms with van der Waals surface area (Å²) in [6.07, 6.45) is 1.19. The van der Waals surface area contributed by atoms with E-state index in [0.717, 1.165) is 25.0 Å². The van der Waals surface area contributed by atoms with E-state index in [-0.39, 0.29) is 18.2 Å². The first-order chi connectivity index (χ1) is 9.52. The van der Waals surface area contributed by atoms with Crippen LogP contribution in [0.2, 0.25) is 0 Å². The number of aryl methyl sites for hydroxylation is 1. The standard InChI is InChI=1S/C15H15BrO3S/c1-9-15(12(17)4-3-5-14(18)19-2)11-7-6-10(16)8-13(11)20-9/h6-8H,3-5H2,1-2H3. The van der Waals surface area contributed by atoms with Gasteiger partial charge in [0.1, 0.15) is 0 Å². The second-order valence-corrected chi connectivity index (χ2v) is 6.70. The summed E-state index contributed by atoms with van der Waals surface area (Å²) < 4.78 is 6.69. The number of rotatable bonds is 5. The monoisotopic (exact) mass is 354 g/mol. The van der Waals surface area contributed by atoms with Crippen molar-refractivity contribution in [2.45, 2.75) is 26.2 Å². The third-order valence-corrected chi connectivity index (χ3v) is 4.68. The topological polar surface area (TPSA) is 43.4 Å². The molecule has 2 aromatic rings. The molecule has 0 spiro atoms. The van der Waals surface area contributed by atoms with Crippen molar-refractivity contribution in [3.63, 3.8) is 0 Å². The van der Waals surface area contributed by atoms with Crippen LogP contribution in [-0.4, -0.2) is 18.9 Å². The van der Waals surface area contributed by atoms with E-state index in [4.69, 9.17) is 0 Å². The van der Waals surface area contributed by atoms with E-state index in [0.29, 0.717) is 12.8 Å². The molecule has 0 aliphatic heterocycles. The van der Waals surface area contributed by atoms with Crippen LogP contribution >= 0.6 is 27.3 Å². The van der Waals surface area contributed by atoms with Crippen LogP contribution in [0, 0.1) is 6.92 Å². The number of esters is 1. The van der Waals surface area contributed by atoms with E-state index < -0.39 is 0 Å². The van der Waals surface area contributed by atoms with Gasteiger partial charge in [-0.15, -0.1) is 11.3 Å². The van der Waals surface area contributed by atoms with Gasteiger partial charge in [0, 0.05) is 37.8 Å². The highest BCUT2D eigenvalue weighted by Crippen LogP contribution is 2.33. The molecule has 1 heterocycles. The van der Waals surface area contributed by atoms with Crippen molar-refractivity contribution in [2.75, 3.05) is 7.11 Å². The Morgan fingerprint density at radius 2 is 2.05 bits per heavy atom. The summed E-state index contributed by atoms with van der Waals surface area (Å²) >= 11 is 5.06. The smallest absolute Gasteiger partial charge is 0.305 e. The van der Waals surface area contributed by atoms with E-state index in [9.17, 15) is 9.59 Å². The first-order valence-electron chi connectivity index (χ1n) is 6.31. The maximum Gasteiger partial charge on any atom is 0.305 e. The largest absolute Gasteiger partial charge is 0.469 e. The summed E-state index contributed by atoms with van der Waals surface area (Å²) in [5, 5.41) is 0.999. The maximum atomic E-state index is 12.3. The number of carbonyl (C=O) groups is 2. The summed E-state index contributed by atoms with van der Waals surface area (Å²) in [6, 6.07) is 5.94. The number of ketones is 1. The van der Waals surface area contributed by atoms with Crippen LogP contribution in [0.3, 0.4) is 0 Å². The van der Waals surface area contributed by atoms with Gasteiger partial charge in [0.15, 0.2) is 5.78 Å². The van der Waals surface area contributed by atoms with Gasteiger partial charge in [0.2, 0.25) is 0 Å². The molecule has 1 aromatic carbocycles. The molecule has 0 saturated heterocycles. The number of benzene rings is 1. The lowest BCUT2D eigenvalue weighted by atomic mass is 10.0. The number of ether oxygens (including phenoxy) is 1. The van der Waals surface area contributed by atoms with Gasteiger partial charge in [-0.25, -0.2) is 0 Å². The predicted octanol–water partition coefficient (Wildman–Crippen LogP) is 4.50. The van der Waals surface area contributed by atoms with Crippen molar-refractivity contribution in [1.29, 1.82) is 0 Å². The summed E-state index contributed by atoms with van der Waals surface area (Å²) in [5.41, 5.74) is 0.794. The van der Waals surface area contributed by atoms with Crippen LogP contribution in [0.5, 0.6) is 0 Å². The molecule has 0 bridgehead atoms. The van der Waals surface area contributed by atoms with Crippen LogP contribution < -0.4 is 0 Å². The second kappa shape index (κ2) is 6.50. The van der Waals surface area contributed by atoms with Crippen molar-refractivity contribution in [3.8, 4) is 0 Å². The number of halogens is 1. The number of carbonyl (C=O) groups excluding carboxylic acids is 2. The Hall–Kier alpha value is -1.20. The summed E-state index contributed by atoms with van der Waals surface area (Å²) in [6.45, 7) is 1.96. The van der Waals surface area contributed by atoms with Gasteiger partial charge in [-0.1, -0.05) is 22.0 Å². The minimum atomic E-state index is -0.270. The molecule has 1 aromatic heterocycles. The van der Waals surface area contributed by atoms with E-state index in [2.05, 4.69) is 20.7 Å². The first kappa shape index (κ1) is 15.2. The zero-order chi connectivity index (χ0) is 14.7. The van der Waals surface area contributed by atoms with Gasteiger partial charge in [-0.05, 0) is 25.5 Å². The van der Waals surface area contributed by atoms with Crippen molar-refractivity contribution in [3.05, 3.63) is 33.1 Å². The number of Topliss-reactive ketones (excluding diaryl/α,β-unsaturated/α-hetero) is 1. The van der Waals surface area contributed by atoms with Gasteiger partial charge < -0.3 is 4.74 Å². The summed E-state index contributed by atoms with van der Waals surface area (Å²) in [4.78, 5) is 24.4. The molecule has 0 saturated carbocycles. The Bertz CT molecular complexity index is 660. The highest BCUT2D eigenvalue weighted by atomic mass is 79.9.